The largest absolute Gasteiger partial charge is 0.368 e. The van der Waals surface area contributed by atoms with Gasteiger partial charge in [0.2, 0.25) is 5.95 Å². The molecule has 0 spiro atoms. The van der Waals surface area contributed by atoms with Crippen molar-refractivity contribution in [2.75, 3.05) is 38.2 Å². The van der Waals surface area contributed by atoms with Gasteiger partial charge in [-0.05, 0) is 38.1 Å². The van der Waals surface area contributed by atoms with E-state index in [1.165, 1.54) is 0 Å². The second kappa shape index (κ2) is 8.57. The van der Waals surface area contributed by atoms with E-state index in [0.717, 1.165) is 29.8 Å². The second-order valence-corrected chi connectivity index (χ2v) is 7.92. The van der Waals surface area contributed by atoms with Crippen LogP contribution in [0.5, 0.6) is 0 Å². The van der Waals surface area contributed by atoms with Crippen LogP contribution in [0.1, 0.15) is 32.2 Å². The maximum absolute atomic E-state index is 5.58. The molecule has 0 aliphatic carbocycles. The third-order valence-corrected chi connectivity index (χ3v) is 5.37. The first-order valence-electron chi connectivity index (χ1n) is 9.72. The summed E-state index contributed by atoms with van der Waals surface area (Å²) in [6.07, 6.45) is 3.45. The maximum atomic E-state index is 5.58. The molecule has 2 heterocycles. The Bertz CT molecular complexity index is 919. The Balaban J connectivity index is 1.85. The van der Waals surface area contributed by atoms with Crippen LogP contribution in [0, 0.1) is 5.92 Å². The lowest BCUT2D eigenvalue weighted by molar-refractivity contribution is 0.350. The first-order valence-corrected chi connectivity index (χ1v) is 9.72. The van der Waals surface area contributed by atoms with Gasteiger partial charge in [0.25, 0.3) is 0 Å². The van der Waals surface area contributed by atoms with Crippen LogP contribution in [0.25, 0.3) is 11.1 Å². The van der Waals surface area contributed by atoms with E-state index < -0.39 is 0 Å². The summed E-state index contributed by atoms with van der Waals surface area (Å²) >= 11 is 0. The minimum absolute atomic E-state index is 0.264. The molecule has 3 rings (SSSR count). The van der Waals surface area contributed by atoms with Gasteiger partial charge in [0.1, 0.15) is 0 Å². The summed E-state index contributed by atoms with van der Waals surface area (Å²) in [4.78, 5) is 14.8. The number of likely N-dealkylation sites (N-methyl/N-ethyl adjacent to an activating group) is 1. The Morgan fingerprint density at radius 2 is 1.76 bits per heavy atom. The van der Waals surface area contributed by atoms with Crippen LogP contribution in [0.2, 0.25) is 0 Å². The number of nitrogen functional groups attached to an aromatic ring is 1. The summed E-state index contributed by atoms with van der Waals surface area (Å²) in [7, 11) is 4.05. The summed E-state index contributed by atoms with van der Waals surface area (Å²) in [6, 6.07) is 8.76. The smallest absolute Gasteiger partial charge is 0.321 e. The van der Waals surface area contributed by atoms with E-state index in [1.807, 2.05) is 14.1 Å². The quantitative estimate of drug-likeness (QED) is 0.599. The van der Waals surface area contributed by atoms with E-state index in [2.05, 4.69) is 75.4 Å². The molecule has 1 atom stereocenters. The molecule has 1 aromatic carbocycles. The fraction of sp³-hybridized carbons (Fsp3) is 0.429. The van der Waals surface area contributed by atoms with Crippen molar-refractivity contribution >= 4 is 12.0 Å². The van der Waals surface area contributed by atoms with Crippen molar-refractivity contribution in [3.63, 3.8) is 0 Å². The normalized spacial score (nSPS) is 13.6. The molecule has 0 radical (unpaired) electrons. The lowest BCUT2D eigenvalue weighted by Gasteiger charge is -2.31. The molecule has 0 bridgehead atoms. The molecular formula is C21H29N7O. The molecule has 0 amide bonds. The summed E-state index contributed by atoms with van der Waals surface area (Å²) in [5.74, 6) is 1.20. The topological polar surface area (TPSA) is 106 Å². The van der Waals surface area contributed by atoms with Crippen LogP contribution < -0.4 is 11.1 Å². The van der Waals surface area contributed by atoms with E-state index in [1.54, 1.807) is 12.4 Å². The molecule has 0 saturated heterocycles. The van der Waals surface area contributed by atoms with Gasteiger partial charge in [-0.2, -0.15) is 4.98 Å². The predicted molar refractivity (Wildman–Crippen MR) is 115 cm³/mol. The van der Waals surface area contributed by atoms with Gasteiger partial charge in [0.15, 0.2) is 5.82 Å². The number of hydrogen-bond acceptors (Lipinski definition) is 8. The Morgan fingerprint density at radius 1 is 1.10 bits per heavy atom. The van der Waals surface area contributed by atoms with E-state index in [4.69, 9.17) is 10.3 Å². The van der Waals surface area contributed by atoms with Crippen molar-refractivity contribution in [1.29, 1.82) is 0 Å². The van der Waals surface area contributed by atoms with Gasteiger partial charge in [-0.25, -0.2) is 9.97 Å². The number of hydrogen-bond donors (Lipinski definition) is 2. The average Bonchev–Trinajstić information content (AvgIpc) is 3.17. The zero-order chi connectivity index (χ0) is 21.0. The minimum atomic E-state index is -0.388. The Morgan fingerprint density at radius 3 is 2.34 bits per heavy atom. The number of benzene rings is 1. The number of nitrogens with zero attached hydrogens (tertiary/aromatic N) is 5. The first kappa shape index (κ1) is 20.7. The van der Waals surface area contributed by atoms with E-state index >= 15 is 0 Å². The monoisotopic (exact) mass is 395 g/mol. The Labute approximate surface area is 171 Å². The highest BCUT2D eigenvalue weighted by atomic mass is 16.5. The molecule has 3 aromatic rings. The summed E-state index contributed by atoms with van der Waals surface area (Å²) < 4.78 is 5.45. The third kappa shape index (κ3) is 4.54. The minimum Gasteiger partial charge on any atom is -0.368 e. The van der Waals surface area contributed by atoms with Gasteiger partial charge >= 0.3 is 6.01 Å². The molecule has 8 nitrogen and oxygen atoms in total. The highest BCUT2D eigenvalue weighted by Gasteiger charge is 2.37. The van der Waals surface area contributed by atoms with Crippen molar-refractivity contribution in [1.82, 2.24) is 25.0 Å². The molecule has 0 fully saturated rings. The molecule has 3 N–H and O–H groups in total. The van der Waals surface area contributed by atoms with Crippen molar-refractivity contribution in [3.05, 3.63) is 48.0 Å². The van der Waals surface area contributed by atoms with Crippen LogP contribution in [0.4, 0.5) is 12.0 Å². The van der Waals surface area contributed by atoms with Crippen LogP contribution in [-0.4, -0.2) is 52.2 Å². The number of anilines is 2. The zero-order valence-electron chi connectivity index (χ0n) is 17.7. The fourth-order valence-corrected chi connectivity index (χ4v) is 3.11. The first-order chi connectivity index (χ1) is 13.8. The molecular weight excluding hydrogens is 366 g/mol. The predicted octanol–water partition coefficient (Wildman–Crippen LogP) is 3.04. The molecule has 0 aliphatic heterocycles. The average molecular weight is 396 g/mol. The molecule has 0 saturated carbocycles. The fourth-order valence-electron chi connectivity index (χ4n) is 3.11. The van der Waals surface area contributed by atoms with Crippen LogP contribution in [0.15, 0.2) is 41.2 Å². The summed E-state index contributed by atoms with van der Waals surface area (Å²) in [6.45, 7) is 8.10. The molecule has 8 heteroatoms. The van der Waals surface area contributed by atoms with Gasteiger partial charge in [0.05, 0.1) is 5.41 Å². The molecule has 2 aromatic heterocycles. The standard InChI is InChI=1S/C21H29N7O/c1-14(2)21(3,18-26-20(29-27-18)23-10-11-28(4)5)17-8-6-15(7-9-17)16-12-24-19(22)25-13-16/h6-9,12-14H,10-11H2,1-5H3,(H2,22,24,25)(H,23,26,27). The Kier molecular flexibility index (Phi) is 6.12. The van der Waals surface area contributed by atoms with Gasteiger partial charge in [0, 0.05) is 31.0 Å². The van der Waals surface area contributed by atoms with Crippen LogP contribution in [-0.2, 0) is 5.41 Å². The number of rotatable bonds is 8. The van der Waals surface area contributed by atoms with Gasteiger partial charge < -0.3 is 20.5 Å². The van der Waals surface area contributed by atoms with Crippen LogP contribution >= 0.6 is 0 Å². The van der Waals surface area contributed by atoms with Crippen molar-refractivity contribution in [2.24, 2.45) is 5.92 Å². The zero-order valence-corrected chi connectivity index (χ0v) is 17.7. The highest BCUT2D eigenvalue weighted by molar-refractivity contribution is 5.62. The third-order valence-electron chi connectivity index (χ3n) is 5.37. The molecule has 1 unspecified atom stereocenters. The lowest BCUT2D eigenvalue weighted by atomic mass is 9.72. The number of nitrogens with one attached hydrogen (secondary N) is 1. The van der Waals surface area contributed by atoms with Gasteiger partial charge in [-0.3, -0.25) is 0 Å². The summed E-state index contributed by atoms with van der Waals surface area (Å²) in [5.41, 5.74) is 8.26. The SMILES string of the molecule is CC(C)C(C)(c1ccc(-c2cnc(N)nc2)cc1)c1noc(NCCN(C)C)n1. The van der Waals surface area contributed by atoms with E-state index in [-0.39, 0.29) is 17.3 Å². The van der Waals surface area contributed by atoms with Crippen molar-refractivity contribution < 1.29 is 4.52 Å². The van der Waals surface area contributed by atoms with Crippen molar-refractivity contribution in [3.8, 4) is 11.1 Å². The molecule has 0 aliphatic rings. The number of aromatic nitrogens is 4. The van der Waals surface area contributed by atoms with E-state index in [0.29, 0.717) is 11.8 Å². The highest BCUT2D eigenvalue weighted by Crippen LogP contribution is 2.38. The summed E-state index contributed by atoms with van der Waals surface area (Å²) in [5, 5.41) is 7.47. The van der Waals surface area contributed by atoms with Gasteiger partial charge in [-0.15, -0.1) is 0 Å². The second-order valence-electron chi connectivity index (χ2n) is 7.92. The van der Waals surface area contributed by atoms with Gasteiger partial charge in [-0.1, -0.05) is 43.3 Å². The van der Waals surface area contributed by atoms with Crippen molar-refractivity contribution in [2.45, 2.75) is 26.2 Å². The van der Waals surface area contributed by atoms with Crippen LogP contribution in [0.3, 0.4) is 0 Å². The maximum Gasteiger partial charge on any atom is 0.321 e. The Hall–Kier alpha value is -3.00. The van der Waals surface area contributed by atoms with E-state index in [9.17, 15) is 0 Å². The molecule has 29 heavy (non-hydrogen) atoms. The molecule has 154 valence electrons. The number of nitrogens with two attached hydrogens (primary N) is 1. The lowest BCUT2D eigenvalue weighted by Crippen LogP contribution is -2.31.